The standard InChI is InChI=1S/C24H21ClFIN4O2/c1-24(2,3)33-23(32)30(14-16-4-7-17(25)12-19(16)26)22-13-20(15-5-8-18(27)9-6-15)29-21-10-11-28-31(21)22/h4-13H,14H2,1-3H3. The molecule has 33 heavy (non-hydrogen) atoms. The van der Waals surface area contributed by atoms with Gasteiger partial charge in [0.15, 0.2) is 5.65 Å². The van der Waals surface area contributed by atoms with Gasteiger partial charge in [0.25, 0.3) is 0 Å². The monoisotopic (exact) mass is 578 g/mol. The van der Waals surface area contributed by atoms with E-state index in [0.29, 0.717) is 17.2 Å². The molecule has 9 heteroatoms. The third-order valence-corrected chi connectivity index (χ3v) is 5.67. The van der Waals surface area contributed by atoms with Crippen LogP contribution in [-0.4, -0.2) is 26.3 Å². The Balaban J connectivity index is 1.86. The Morgan fingerprint density at radius 2 is 1.88 bits per heavy atom. The van der Waals surface area contributed by atoms with Crippen LogP contribution in [0.25, 0.3) is 16.9 Å². The van der Waals surface area contributed by atoms with Crippen molar-refractivity contribution in [2.24, 2.45) is 0 Å². The molecule has 0 spiro atoms. The Morgan fingerprint density at radius 1 is 1.15 bits per heavy atom. The zero-order valence-corrected chi connectivity index (χ0v) is 21.1. The first-order chi connectivity index (χ1) is 15.6. The normalized spacial score (nSPS) is 11.6. The van der Waals surface area contributed by atoms with Gasteiger partial charge in [0.2, 0.25) is 0 Å². The van der Waals surface area contributed by atoms with Crippen LogP contribution in [0.3, 0.4) is 0 Å². The van der Waals surface area contributed by atoms with Gasteiger partial charge in [-0.1, -0.05) is 29.8 Å². The van der Waals surface area contributed by atoms with Gasteiger partial charge in [0.05, 0.1) is 18.4 Å². The van der Waals surface area contributed by atoms with Gasteiger partial charge in [0.1, 0.15) is 17.2 Å². The molecule has 0 aliphatic carbocycles. The predicted molar refractivity (Wildman–Crippen MR) is 135 cm³/mol. The van der Waals surface area contributed by atoms with E-state index >= 15 is 0 Å². The summed E-state index contributed by atoms with van der Waals surface area (Å²) in [6.07, 6.45) is 0.966. The highest BCUT2D eigenvalue weighted by Crippen LogP contribution is 2.28. The molecule has 4 aromatic rings. The zero-order valence-electron chi connectivity index (χ0n) is 18.2. The number of aromatic nitrogens is 3. The molecular formula is C24H21ClFIN4O2. The van der Waals surface area contributed by atoms with Crippen molar-refractivity contribution in [3.63, 3.8) is 0 Å². The number of ether oxygens (including phenoxy) is 1. The van der Waals surface area contributed by atoms with Crippen molar-refractivity contribution in [3.05, 3.63) is 80.8 Å². The fourth-order valence-electron chi connectivity index (χ4n) is 3.23. The first kappa shape index (κ1) is 23.4. The lowest BCUT2D eigenvalue weighted by Gasteiger charge is -2.28. The van der Waals surface area contributed by atoms with Crippen LogP contribution in [0.2, 0.25) is 5.02 Å². The van der Waals surface area contributed by atoms with Crippen LogP contribution in [0.5, 0.6) is 0 Å². The highest BCUT2D eigenvalue weighted by Gasteiger charge is 2.27. The van der Waals surface area contributed by atoms with E-state index in [2.05, 4.69) is 32.7 Å². The molecule has 1 amide bonds. The molecule has 0 fully saturated rings. The molecule has 0 aliphatic rings. The molecule has 2 aromatic carbocycles. The summed E-state index contributed by atoms with van der Waals surface area (Å²) in [5.41, 5.74) is 1.62. The van der Waals surface area contributed by atoms with Gasteiger partial charge < -0.3 is 4.74 Å². The minimum Gasteiger partial charge on any atom is -0.443 e. The van der Waals surface area contributed by atoms with Crippen molar-refractivity contribution in [2.45, 2.75) is 32.9 Å². The number of halogens is 3. The minimum absolute atomic E-state index is 0.0803. The molecule has 0 unspecified atom stereocenters. The number of fused-ring (bicyclic) bond motifs is 1. The Morgan fingerprint density at radius 3 is 2.55 bits per heavy atom. The quantitative estimate of drug-likeness (QED) is 0.252. The Bertz CT molecular complexity index is 1320. The summed E-state index contributed by atoms with van der Waals surface area (Å²) in [5.74, 6) is -0.109. The lowest BCUT2D eigenvalue weighted by Crippen LogP contribution is -2.38. The second-order valence-electron chi connectivity index (χ2n) is 8.41. The number of anilines is 1. The zero-order chi connectivity index (χ0) is 23.8. The summed E-state index contributed by atoms with van der Waals surface area (Å²) in [4.78, 5) is 19.3. The molecule has 0 N–H and O–H groups in total. The summed E-state index contributed by atoms with van der Waals surface area (Å²) in [5, 5.41) is 4.61. The molecule has 0 saturated heterocycles. The molecule has 0 aliphatic heterocycles. The molecule has 6 nitrogen and oxygen atoms in total. The third-order valence-electron chi connectivity index (χ3n) is 4.71. The van der Waals surface area contributed by atoms with Gasteiger partial charge in [-0.3, -0.25) is 4.90 Å². The Hall–Kier alpha value is -2.72. The molecule has 170 valence electrons. The van der Waals surface area contributed by atoms with Gasteiger partial charge >= 0.3 is 6.09 Å². The first-order valence-electron chi connectivity index (χ1n) is 10.2. The summed E-state index contributed by atoms with van der Waals surface area (Å²) >= 11 is 8.15. The number of rotatable bonds is 4. The van der Waals surface area contributed by atoms with E-state index in [0.717, 1.165) is 9.13 Å². The van der Waals surface area contributed by atoms with E-state index in [1.165, 1.54) is 15.5 Å². The van der Waals surface area contributed by atoms with Crippen LogP contribution in [-0.2, 0) is 11.3 Å². The van der Waals surface area contributed by atoms with Crippen molar-refractivity contribution in [1.29, 1.82) is 0 Å². The fraction of sp³-hybridized carbons (Fsp3) is 0.208. The van der Waals surface area contributed by atoms with Gasteiger partial charge in [-0.25, -0.2) is 14.2 Å². The molecule has 0 saturated carbocycles. The van der Waals surface area contributed by atoms with Crippen molar-refractivity contribution in [3.8, 4) is 11.3 Å². The van der Waals surface area contributed by atoms with Gasteiger partial charge in [0, 0.05) is 31.9 Å². The van der Waals surface area contributed by atoms with Crippen LogP contribution in [0.15, 0.2) is 60.8 Å². The average molecular weight is 579 g/mol. The largest absolute Gasteiger partial charge is 0.443 e. The van der Waals surface area contributed by atoms with E-state index in [4.69, 9.17) is 16.3 Å². The van der Waals surface area contributed by atoms with E-state index in [9.17, 15) is 9.18 Å². The summed E-state index contributed by atoms with van der Waals surface area (Å²) in [7, 11) is 0. The number of nitrogens with zero attached hydrogens (tertiary/aromatic N) is 4. The SMILES string of the molecule is CC(C)(C)OC(=O)N(Cc1ccc(Cl)cc1F)c1cc(-c2ccc(I)cc2)nc2ccnn12. The number of carbonyl (C=O) groups is 1. The maximum Gasteiger partial charge on any atom is 0.416 e. The summed E-state index contributed by atoms with van der Waals surface area (Å²) in [6, 6.07) is 15.7. The highest BCUT2D eigenvalue weighted by molar-refractivity contribution is 14.1. The number of benzene rings is 2. The predicted octanol–water partition coefficient (Wildman–Crippen LogP) is 6.74. The number of amides is 1. The Labute approximate surface area is 209 Å². The molecular weight excluding hydrogens is 558 g/mol. The number of carbonyl (C=O) groups excluding carboxylic acids is 1. The first-order valence-corrected chi connectivity index (χ1v) is 11.6. The van der Waals surface area contributed by atoms with Crippen LogP contribution < -0.4 is 4.90 Å². The number of hydrogen-bond acceptors (Lipinski definition) is 4. The maximum absolute atomic E-state index is 14.7. The molecule has 0 radical (unpaired) electrons. The van der Waals surface area contributed by atoms with Gasteiger partial charge in [-0.15, -0.1) is 0 Å². The molecule has 2 aromatic heterocycles. The average Bonchev–Trinajstić information content (AvgIpc) is 3.21. The van der Waals surface area contributed by atoms with Crippen molar-refractivity contribution in [1.82, 2.24) is 14.6 Å². The molecule has 0 atom stereocenters. The lowest BCUT2D eigenvalue weighted by molar-refractivity contribution is 0.0575. The third kappa shape index (κ3) is 5.44. The van der Waals surface area contributed by atoms with Crippen LogP contribution in [0.1, 0.15) is 26.3 Å². The van der Waals surface area contributed by atoms with E-state index in [1.807, 2.05) is 24.3 Å². The van der Waals surface area contributed by atoms with Crippen molar-refractivity contribution < 1.29 is 13.9 Å². The van der Waals surface area contributed by atoms with Gasteiger partial charge in [-0.05, 0) is 67.6 Å². The van der Waals surface area contributed by atoms with Crippen LogP contribution >= 0.6 is 34.2 Å². The van der Waals surface area contributed by atoms with Gasteiger partial charge in [-0.2, -0.15) is 9.61 Å². The maximum atomic E-state index is 14.7. The summed E-state index contributed by atoms with van der Waals surface area (Å²) in [6.45, 7) is 5.25. The molecule has 0 bridgehead atoms. The summed E-state index contributed by atoms with van der Waals surface area (Å²) < 4.78 is 22.9. The fourth-order valence-corrected chi connectivity index (χ4v) is 3.75. The molecule has 4 rings (SSSR count). The van der Waals surface area contributed by atoms with E-state index in [1.54, 1.807) is 51.2 Å². The number of hydrogen-bond donors (Lipinski definition) is 0. The lowest BCUT2D eigenvalue weighted by atomic mass is 10.1. The second kappa shape index (κ2) is 9.26. The topological polar surface area (TPSA) is 59.7 Å². The highest BCUT2D eigenvalue weighted by atomic mass is 127. The Kier molecular flexibility index (Phi) is 6.58. The smallest absolute Gasteiger partial charge is 0.416 e. The second-order valence-corrected chi connectivity index (χ2v) is 10.1. The van der Waals surface area contributed by atoms with Crippen LogP contribution in [0, 0.1) is 9.39 Å². The van der Waals surface area contributed by atoms with E-state index < -0.39 is 17.5 Å². The van der Waals surface area contributed by atoms with Crippen molar-refractivity contribution >= 4 is 51.8 Å². The van der Waals surface area contributed by atoms with Crippen LogP contribution in [0.4, 0.5) is 15.0 Å². The van der Waals surface area contributed by atoms with Crippen molar-refractivity contribution in [2.75, 3.05) is 4.90 Å². The van der Waals surface area contributed by atoms with E-state index in [-0.39, 0.29) is 17.1 Å². The molecule has 2 heterocycles. The minimum atomic E-state index is -0.747.